The number of alkyl halides is 2. The van der Waals surface area contributed by atoms with E-state index in [9.17, 15) is 13.9 Å². The van der Waals surface area contributed by atoms with Gasteiger partial charge in [0.15, 0.2) is 0 Å². The standard InChI is InChI=1S/C9H15F2NO2/c10-9(11)1-3-12(4-2-9)8(5-13)6-14-7-8/h13H,1-7H2. The van der Waals surface area contributed by atoms with Gasteiger partial charge in [-0.1, -0.05) is 0 Å². The smallest absolute Gasteiger partial charge is 0.250 e. The highest BCUT2D eigenvalue weighted by molar-refractivity contribution is 4.98. The highest BCUT2D eigenvalue weighted by Crippen LogP contribution is 2.33. The van der Waals surface area contributed by atoms with Crippen LogP contribution < -0.4 is 0 Å². The molecule has 1 N–H and O–H groups in total. The molecule has 0 amide bonds. The molecule has 2 aliphatic heterocycles. The molecular formula is C9H15F2NO2. The molecule has 2 saturated heterocycles. The Labute approximate surface area is 81.6 Å². The van der Waals surface area contributed by atoms with E-state index in [4.69, 9.17) is 4.74 Å². The molecule has 0 saturated carbocycles. The first-order valence-corrected chi connectivity index (χ1v) is 4.90. The molecule has 2 heterocycles. The first kappa shape index (κ1) is 10.3. The minimum Gasteiger partial charge on any atom is -0.394 e. The molecule has 0 spiro atoms. The summed E-state index contributed by atoms with van der Waals surface area (Å²) in [7, 11) is 0. The van der Waals surface area contributed by atoms with E-state index < -0.39 is 5.92 Å². The monoisotopic (exact) mass is 207 g/mol. The Balaban J connectivity index is 1.94. The molecular weight excluding hydrogens is 192 g/mol. The molecule has 0 bridgehead atoms. The molecule has 0 aromatic heterocycles. The first-order valence-electron chi connectivity index (χ1n) is 4.90. The molecule has 2 aliphatic rings. The fraction of sp³-hybridized carbons (Fsp3) is 1.00. The predicted octanol–water partition coefficient (Wildman–Crippen LogP) is 0.479. The third-order valence-electron chi connectivity index (χ3n) is 3.20. The lowest BCUT2D eigenvalue weighted by molar-refractivity contribution is -0.182. The molecule has 0 aromatic rings. The van der Waals surface area contributed by atoms with Crippen molar-refractivity contribution >= 4 is 0 Å². The van der Waals surface area contributed by atoms with Crippen molar-refractivity contribution in [2.75, 3.05) is 32.9 Å². The van der Waals surface area contributed by atoms with E-state index >= 15 is 0 Å². The number of ether oxygens (including phenoxy) is 1. The summed E-state index contributed by atoms with van der Waals surface area (Å²) >= 11 is 0. The van der Waals surface area contributed by atoms with E-state index in [1.165, 1.54) is 0 Å². The summed E-state index contributed by atoms with van der Waals surface area (Å²) in [5.41, 5.74) is -0.365. The number of aliphatic hydroxyl groups excluding tert-OH is 1. The molecule has 14 heavy (non-hydrogen) atoms. The van der Waals surface area contributed by atoms with Crippen molar-refractivity contribution in [1.82, 2.24) is 4.90 Å². The molecule has 2 fully saturated rings. The zero-order chi connectivity index (χ0) is 10.2. The maximum Gasteiger partial charge on any atom is 0.250 e. The number of hydrogen-bond donors (Lipinski definition) is 1. The summed E-state index contributed by atoms with van der Waals surface area (Å²) in [5, 5.41) is 9.21. The van der Waals surface area contributed by atoms with Crippen LogP contribution in [0.25, 0.3) is 0 Å². The van der Waals surface area contributed by atoms with Crippen molar-refractivity contribution in [2.45, 2.75) is 24.3 Å². The Morgan fingerprint density at radius 2 is 1.79 bits per heavy atom. The minimum absolute atomic E-state index is 0.00142. The molecule has 0 aromatic carbocycles. The summed E-state index contributed by atoms with van der Waals surface area (Å²) in [6.07, 6.45) is -0.205. The molecule has 82 valence electrons. The fourth-order valence-corrected chi connectivity index (χ4v) is 2.02. The van der Waals surface area contributed by atoms with Crippen molar-refractivity contribution in [2.24, 2.45) is 0 Å². The fourth-order valence-electron chi connectivity index (χ4n) is 2.02. The SMILES string of the molecule is OCC1(N2CCC(F)(F)CC2)COC1. The highest BCUT2D eigenvalue weighted by atomic mass is 19.3. The predicted molar refractivity (Wildman–Crippen MR) is 46.4 cm³/mol. The van der Waals surface area contributed by atoms with Gasteiger partial charge in [-0.15, -0.1) is 0 Å². The molecule has 0 aliphatic carbocycles. The zero-order valence-corrected chi connectivity index (χ0v) is 8.01. The number of piperidine rings is 1. The molecule has 3 nitrogen and oxygen atoms in total. The number of hydrogen-bond acceptors (Lipinski definition) is 3. The van der Waals surface area contributed by atoms with Crippen LogP contribution >= 0.6 is 0 Å². The lowest BCUT2D eigenvalue weighted by Gasteiger charge is -2.50. The van der Waals surface area contributed by atoms with E-state index in [1.807, 2.05) is 4.90 Å². The Hall–Kier alpha value is -0.260. The lowest BCUT2D eigenvalue weighted by Crippen LogP contribution is -2.66. The summed E-state index contributed by atoms with van der Waals surface area (Å²) in [4.78, 5) is 1.94. The van der Waals surface area contributed by atoms with Gasteiger partial charge in [-0.2, -0.15) is 0 Å². The second-order valence-corrected chi connectivity index (χ2v) is 4.22. The molecule has 5 heteroatoms. The van der Waals surface area contributed by atoms with Gasteiger partial charge in [-0.05, 0) is 0 Å². The summed E-state index contributed by atoms with van der Waals surface area (Å²) in [6.45, 7) is 1.65. The summed E-state index contributed by atoms with van der Waals surface area (Å²) in [6, 6.07) is 0. The van der Waals surface area contributed by atoms with Gasteiger partial charge in [-0.25, -0.2) is 8.78 Å². The van der Waals surface area contributed by atoms with E-state index in [0.29, 0.717) is 26.3 Å². The Kier molecular flexibility index (Phi) is 2.49. The average Bonchev–Trinajstić information content (AvgIpc) is 2.06. The third-order valence-corrected chi connectivity index (χ3v) is 3.20. The Morgan fingerprint density at radius 1 is 1.21 bits per heavy atom. The largest absolute Gasteiger partial charge is 0.394 e. The number of aliphatic hydroxyl groups is 1. The maximum atomic E-state index is 12.9. The number of rotatable bonds is 2. The van der Waals surface area contributed by atoms with Crippen LogP contribution in [-0.2, 0) is 4.74 Å². The topological polar surface area (TPSA) is 32.7 Å². The Bertz CT molecular complexity index is 203. The van der Waals surface area contributed by atoms with E-state index in [2.05, 4.69) is 0 Å². The van der Waals surface area contributed by atoms with Crippen molar-refractivity contribution in [1.29, 1.82) is 0 Å². The summed E-state index contributed by atoms with van der Waals surface area (Å²) < 4.78 is 30.8. The molecule has 0 atom stereocenters. The van der Waals surface area contributed by atoms with Crippen LogP contribution in [0.1, 0.15) is 12.8 Å². The van der Waals surface area contributed by atoms with Gasteiger partial charge in [0.05, 0.1) is 25.4 Å². The quantitative estimate of drug-likeness (QED) is 0.714. The third kappa shape index (κ3) is 1.64. The van der Waals surface area contributed by atoms with E-state index in [1.54, 1.807) is 0 Å². The molecule has 2 rings (SSSR count). The number of nitrogens with zero attached hydrogens (tertiary/aromatic N) is 1. The van der Waals surface area contributed by atoms with Crippen LogP contribution in [0, 0.1) is 0 Å². The van der Waals surface area contributed by atoms with E-state index in [-0.39, 0.29) is 25.0 Å². The van der Waals surface area contributed by atoms with Crippen molar-refractivity contribution < 1.29 is 18.6 Å². The molecule has 0 radical (unpaired) electrons. The van der Waals surface area contributed by atoms with Gasteiger partial charge >= 0.3 is 0 Å². The normalized spacial score (nSPS) is 31.1. The van der Waals surface area contributed by atoms with Crippen LogP contribution in [0.3, 0.4) is 0 Å². The van der Waals surface area contributed by atoms with Crippen LogP contribution in [0.5, 0.6) is 0 Å². The maximum absolute atomic E-state index is 12.9. The zero-order valence-electron chi connectivity index (χ0n) is 8.01. The van der Waals surface area contributed by atoms with Gasteiger partial charge in [0.25, 0.3) is 5.92 Å². The van der Waals surface area contributed by atoms with Gasteiger partial charge in [0.2, 0.25) is 0 Å². The second kappa shape index (κ2) is 3.40. The van der Waals surface area contributed by atoms with Crippen LogP contribution in [0.15, 0.2) is 0 Å². The van der Waals surface area contributed by atoms with Crippen molar-refractivity contribution in [3.8, 4) is 0 Å². The minimum atomic E-state index is -2.52. The van der Waals surface area contributed by atoms with E-state index in [0.717, 1.165) is 0 Å². The summed E-state index contributed by atoms with van der Waals surface area (Å²) in [5.74, 6) is -2.52. The second-order valence-electron chi connectivity index (χ2n) is 4.22. The molecule has 0 unspecified atom stereocenters. The van der Waals surface area contributed by atoms with Gasteiger partial charge in [-0.3, -0.25) is 4.90 Å². The van der Waals surface area contributed by atoms with Crippen molar-refractivity contribution in [3.05, 3.63) is 0 Å². The number of likely N-dealkylation sites (tertiary alicyclic amines) is 1. The van der Waals surface area contributed by atoms with Gasteiger partial charge < -0.3 is 9.84 Å². The van der Waals surface area contributed by atoms with Crippen LogP contribution in [0.2, 0.25) is 0 Å². The Morgan fingerprint density at radius 3 is 2.14 bits per heavy atom. The van der Waals surface area contributed by atoms with Gasteiger partial charge in [0.1, 0.15) is 0 Å². The lowest BCUT2D eigenvalue weighted by atomic mass is 9.92. The van der Waals surface area contributed by atoms with Gasteiger partial charge in [0, 0.05) is 25.9 Å². The number of halogens is 2. The van der Waals surface area contributed by atoms with Crippen molar-refractivity contribution in [3.63, 3.8) is 0 Å². The first-order chi connectivity index (χ1) is 6.58. The highest BCUT2D eigenvalue weighted by Gasteiger charge is 2.47. The van der Waals surface area contributed by atoms with Crippen LogP contribution in [0.4, 0.5) is 8.78 Å². The average molecular weight is 207 g/mol. The van der Waals surface area contributed by atoms with Crippen LogP contribution in [-0.4, -0.2) is 54.4 Å².